The Morgan fingerprint density at radius 1 is 0.963 bits per heavy atom. The van der Waals surface area contributed by atoms with Gasteiger partial charge >= 0.3 is 0 Å². The van der Waals surface area contributed by atoms with Gasteiger partial charge in [-0.2, -0.15) is 0 Å². The molecule has 0 bridgehead atoms. The number of nitrogens with zero attached hydrogens (tertiary/aromatic N) is 1. The van der Waals surface area contributed by atoms with Gasteiger partial charge in [0, 0.05) is 18.8 Å². The van der Waals surface area contributed by atoms with Gasteiger partial charge in [-0.3, -0.25) is 9.59 Å². The summed E-state index contributed by atoms with van der Waals surface area (Å²) in [6, 6.07) is 4.14. The van der Waals surface area contributed by atoms with Crippen LogP contribution in [0.3, 0.4) is 0 Å². The van der Waals surface area contributed by atoms with Crippen LogP contribution in [-0.2, 0) is 9.59 Å². The third kappa shape index (κ3) is 8.12. The van der Waals surface area contributed by atoms with Crippen molar-refractivity contribution in [1.29, 1.82) is 0 Å². The molecule has 1 aromatic carbocycles. The predicted octanol–water partition coefficient (Wildman–Crippen LogP) is 2.21. The van der Waals surface area contributed by atoms with E-state index < -0.39 is 0 Å². The molecule has 152 valence electrons. The molecule has 5 nitrogen and oxygen atoms in total. The highest BCUT2D eigenvalue weighted by atomic mass is 16.2. The molecule has 0 fully saturated rings. The van der Waals surface area contributed by atoms with Gasteiger partial charge in [0.15, 0.2) is 13.1 Å². The highest BCUT2D eigenvalue weighted by molar-refractivity contribution is 5.93. The van der Waals surface area contributed by atoms with Gasteiger partial charge in [-0.1, -0.05) is 45.4 Å². The second-order valence-electron chi connectivity index (χ2n) is 8.72. The minimum atomic E-state index is -0.0605. The monoisotopic (exact) mass is 376 g/mol. The van der Waals surface area contributed by atoms with Crippen LogP contribution in [-0.4, -0.2) is 49.9 Å². The van der Waals surface area contributed by atoms with Crippen molar-refractivity contribution in [3.05, 3.63) is 28.8 Å². The maximum absolute atomic E-state index is 12.7. The first-order valence-corrected chi connectivity index (χ1v) is 9.96. The van der Waals surface area contributed by atoms with Gasteiger partial charge in [0.25, 0.3) is 11.8 Å². The summed E-state index contributed by atoms with van der Waals surface area (Å²) in [6.45, 7) is 16.7. The molecule has 0 aliphatic rings. The maximum Gasteiger partial charge on any atom is 0.279 e. The van der Waals surface area contributed by atoms with Crippen molar-refractivity contribution in [3.63, 3.8) is 0 Å². The average Bonchev–Trinajstić information content (AvgIpc) is 2.49. The van der Waals surface area contributed by atoms with Gasteiger partial charge in [-0.25, -0.2) is 0 Å². The number of carbonyl (C=O) groups is 2. The molecule has 0 aliphatic carbocycles. The summed E-state index contributed by atoms with van der Waals surface area (Å²) in [4.78, 5) is 28.0. The van der Waals surface area contributed by atoms with Gasteiger partial charge in [0.2, 0.25) is 0 Å². The highest BCUT2D eigenvalue weighted by Crippen LogP contribution is 2.21. The van der Waals surface area contributed by atoms with Crippen molar-refractivity contribution >= 4 is 17.5 Å². The normalized spacial score (nSPS) is 12.4. The van der Waals surface area contributed by atoms with E-state index in [1.807, 2.05) is 25.8 Å². The number of nitrogens with one attached hydrogen (secondary N) is 2. The van der Waals surface area contributed by atoms with Crippen molar-refractivity contribution in [3.8, 4) is 0 Å². The number of carbonyl (C=O) groups excluding carboxylic acids is 2. The van der Waals surface area contributed by atoms with E-state index in [1.165, 1.54) is 5.56 Å². The predicted molar refractivity (Wildman–Crippen MR) is 112 cm³/mol. The van der Waals surface area contributed by atoms with E-state index in [0.29, 0.717) is 18.4 Å². The van der Waals surface area contributed by atoms with Gasteiger partial charge < -0.3 is 15.1 Å². The number of rotatable bonds is 9. The summed E-state index contributed by atoms with van der Waals surface area (Å²) in [6.07, 6.45) is 0. The summed E-state index contributed by atoms with van der Waals surface area (Å²) < 4.78 is 0. The second-order valence-corrected chi connectivity index (χ2v) is 8.72. The van der Waals surface area contributed by atoms with Crippen LogP contribution in [0.1, 0.15) is 44.4 Å². The molecule has 1 unspecified atom stereocenters. The van der Waals surface area contributed by atoms with Crippen LogP contribution >= 0.6 is 0 Å². The highest BCUT2D eigenvalue weighted by Gasteiger charge is 2.21. The van der Waals surface area contributed by atoms with Crippen molar-refractivity contribution in [2.24, 2.45) is 11.8 Å². The number of quaternary nitrogens is 1. The van der Waals surface area contributed by atoms with Crippen molar-refractivity contribution in [1.82, 2.24) is 4.90 Å². The summed E-state index contributed by atoms with van der Waals surface area (Å²) >= 11 is 0. The Bertz CT molecular complexity index is 620. The molecule has 2 amide bonds. The van der Waals surface area contributed by atoms with E-state index in [4.69, 9.17) is 0 Å². The number of likely N-dealkylation sites (N-methyl/N-ethyl adjacent to an activating group) is 1. The number of benzene rings is 1. The maximum atomic E-state index is 12.7. The molecule has 1 atom stereocenters. The zero-order chi connectivity index (χ0) is 20.7. The van der Waals surface area contributed by atoms with E-state index in [-0.39, 0.29) is 18.4 Å². The molecule has 0 heterocycles. The smallest absolute Gasteiger partial charge is 0.279 e. The standard InChI is InChI=1S/C22H37N3O2/c1-15(2)11-25(12-16(3)4)21(27)14-24(8)13-20(26)23-22-18(6)9-17(5)10-19(22)7/h9-10,15-16H,11-14H2,1-8H3,(H,23,26)/p+1. The molecular formula is C22H38N3O2+. The molecule has 0 aliphatic heterocycles. The van der Waals surface area contributed by atoms with Gasteiger partial charge in [-0.15, -0.1) is 0 Å². The summed E-state index contributed by atoms with van der Waals surface area (Å²) in [7, 11) is 1.90. The quantitative estimate of drug-likeness (QED) is 0.694. The lowest BCUT2D eigenvalue weighted by Crippen LogP contribution is -3.11. The molecule has 27 heavy (non-hydrogen) atoms. The van der Waals surface area contributed by atoms with E-state index in [9.17, 15) is 9.59 Å². The van der Waals surface area contributed by atoms with Crippen LogP contribution < -0.4 is 10.2 Å². The molecule has 0 aromatic heterocycles. The molecule has 1 rings (SSSR count). The number of hydrogen-bond donors (Lipinski definition) is 2. The fourth-order valence-corrected chi connectivity index (χ4v) is 3.43. The third-order valence-corrected chi connectivity index (χ3v) is 4.38. The van der Waals surface area contributed by atoms with Crippen LogP contribution in [0, 0.1) is 32.6 Å². The SMILES string of the molecule is Cc1cc(C)c(NC(=O)C[NH+](C)CC(=O)N(CC(C)C)CC(C)C)c(C)c1. The third-order valence-electron chi connectivity index (χ3n) is 4.38. The van der Waals surface area contributed by atoms with Gasteiger partial charge in [0.1, 0.15) is 0 Å². The number of hydrogen-bond acceptors (Lipinski definition) is 2. The number of anilines is 1. The van der Waals surface area contributed by atoms with Crippen LogP contribution in [0.2, 0.25) is 0 Å². The molecule has 0 spiro atoms. The molecular weight excluding hydrogens is 338 g/mol. The Morgan fingerprint density at radius 3 is 1.89 bits per heavy atom. The lowest BCUT2D eigenvalue weighted by molar-refractivity contribution is -0.862. The Labute approximate surface area is 165 Å². The number of amides is 2. The molecule has 5 heteroatoms. The molecule has 0 radical (unpaired) electrons. The Balaban J connectivity index is 2.65. The molecule has 0 saturated carbocycles. The molecule has 0 saturated heterocycles. The summed E-state index contributed by atoms with van der Waals surface area (Å²) in [5.74, 6) is 0.924. The first-order chi connectivity index (χ1) is 12.5. The first-order valence-electron chi connectivity index (χ1n) is 9.96. The zero-order valence-electron chi connectivity index (χ0n) is 18.4. The zero-order valence-corrected chi connectivity index (χ0v) is 18.4. The van der Waals surface area contributed by atoms with Crippen LogP contribution in [0.15, 0.2) is 12.1 Å². The summed E-state index contributed by atoms with van der Waals surface area (Å²) in [5.41, 5.74) is 4.20. The van der Waals surface area contributed by atoms with E-state index in [1.54, 1.807) is 0 Å². The van der Waals surface area contributed by atoms with Crippen molar-refractivity contribution in [2.45, 2.75) is 48.5 Å². The lowest BCUT2D eigenvalue weighted by atomic mass is 10.1. The minimum absolute atomic E-state index is 0.0605. The minimum Gasteiger partial charge on any atom is -0.337 e. The van der Waals surface area contributed by atoms with Gasteiger partial charge in [0.05, 0.1) is 7.05 Å². The largest absolute Gasteiger partial charge is 0.337 e. The van der Waals surface area contributed by atoms with Crippen LogP contribution in [0.25, 0.3) is 0 Å². The lowest BCUT2D eigenvalue weighted by Gasteiger charge is -2.27. The van der Waals surface area contributed by atoms with E-state index >= 15 is 0 Å². The molecule has 1 aromatic rings. The topological polar surface area (TPSA) is 53.9 Å². The van der Waals surface area contributed by atoms with E-state index in [0.717, 1.165) is 34.8 Å². The Kier molecular flexibility index (Phi) is 8.97. The van der Waals surface area contributed by atoms with Gasteiger partial charge in [-0.05, 0) is 43.7 Å². The molecule has 2 N–H and O–H groups in total. The van der Waals surface area contributed by atoms with Crippen molar-refractivity contribution in [2.75, 3.05) is 38.5 Å². The van der Waals surface area contributed by atoms with E-state index in [2.05, 4.69) is 52.1 Å². The fourth-order valence-electron chi connectivity index (χ4n) is 3.43. The number of aryl methyl sites for hydroxylation is 3. The summed E-state index contributed by atoms with van der Waals surface area (Å²) in [5, 5.41) is 3.02. The van der Waals surface area contributed by atoms with Crippen LogP contribution in [0.4, 0.5) is 5.69 Å². The Morgan fingerprint density at radius 2 is 1.44 bits per heavy atom. The van der Waals surface area contributed by atoms with Crippen molar-refractivity contribution < 1.29 is 14.5 Å². The first kappa shape index (κ1) is 23.2. The van der Waals surface area contributed by atoms with Crippen LogP contribution in [0.5, 0.6) is 0 Å². The second kappa shape index (κ2) is 10.5. The average molecular weight is 377 g/mol. The Hall–Kier alpha value is -1.88. The fraction of sp³-hybridized carbons (Fsp3) is 0.636.